The molecule has 30 heavy (non-hydrogen) atoms. The SMILES string of the molecule is CC(C)(C)[N-][Si](C)(C)C1c2ccc(C(C)(C)C)cc2-c2cc(C(C)(C)C)ccc21.[Ti]. The summed E-state index contributed by atoms with van der Waals surface area (Å²) in [4.78, 5) is 5.40. The molecule has 1 aliphatic rings. The topological polar surface area (TPSA) is 14.1 Å². The number of hydrogen-bond donors (Lipinski definition) is 0. The summed E-state index contributed by atoms with van der Waals surface area (Å²) >= 11 is 0. The maximum atomic E-state index is 5.40. The van der Waals surface area contributed by atoms with Crippen molar-refractivity contribution in [3.05, 3.63) is 63.6 Å². The van der Waals surface area contributed by atoms with Gasteiger partial charge in [0.1, 0.15) is 0 Å². The number of nitrogens with zero attached hydrogens (tertiary/aromatic N) is 1. The Balaban J connectivity index is 0.00000320. The van der Waals surface area contributed by atoms with Crippen LogP contribution >= 0.6 is 0 Å². The minimum absolute atomic E-state index is 0. The molecule has 3 rings (SSSR count). The van der Waals surface area contributed by atoms with E-state index in [1.54, 1.807) is 0 Å². The Bertz CT molecular complexity index is 860. The van der Waals surface area contributed by atoms with Crippen LogP contribution in [0.4, 0.5) is 0 Å². The summed E-state index contributed by atoms with van der Waals surface area (Å²) in [7, 11) is -1.91. The van der Waals surface area contributed by atoms with Gasteiger partial charge in [0.05, 0.1) is 0 Å². The Kier molecular flexibility index (Phi) is 6.85. The summed E-state index contributed by atoms with van der Waals surface area (Å²) in [5.41, 5.74) is 9.40. The van der Waals surface area contributed by atoms with Gasteiger partial charge in [0, 0.05) is 21.7 Å². The molecule has 1 nitrogen and oxygen atoms in total. The van der Waals surface area contributed by atoms with Crippen LogP contribution in [0.1, 0.15) is 90.1 Å². The van der Waals surface area contributed by atoms with Crippen molar-refractivity contribution in [3.63, 3.8) is 0 Å². The second-order valence-electron chi connectivity index (χ2n) is 12.5. The van der Waals surface area contributed by atoms with Gasteiger partial charge in [-0.15, -0.1) is 5.54 Å². The maximum Gasteiger partial charge on any atom is 0 e. The summed E-state index contributed by atoms with van der Waals surface area (Å²) in [5.74, 6) is 0. The van der Waals surface area contributed by atoms with E-state index < -0.39 is 8.24 Å². The Morgan fingerprint density at radius 3 is 1.33 bits per heavy atom. The van der Waals surface area contributed by atoms with Gasteiger partial charge in [-0.3, -0.25) is 0 Å². The van der Waals surface area contributed by atoms with Crippen molar-refractivity contribution >= 4 is 8.24 Å². The van der Waals surface area contributed by atoms with Crippen molar-refractivity contribution < 1.29 is 21.7 Å². The average Bonchev–Trinajstić information content (AvgIpc) is 2.84. The Hall–Kier alpha value is -0.669. The fraction of sp³-hybridized carbons (Fsp3) is 0.556. The molecule has 0 saturated carbocycles. The van der Waals surface area contributed by atoms with Crippen molar-refractivity contribution in [2.75, 3.05) is 0 Å². The van der Waals surface area contributed by atoms with Crippen molar-refractivity contribution in [2.45, 2.75) is 97.3 Å². The van der Waals surface area contributed by atoms with Crippen LogP contribution in [-0.4, -0.2) is 13.8 Å². The monoisotopic (exact) mass is 454 g/mol. The summed E-state index contributed by atoms with van der Waals surface area (Å²) in [6.07, 6.45) is 0. The van der Waals surface area contributed by atoms with Gasteiger partial charge in [-0.1, -0.05) is 112 Å². The molecule has 0 saturated heterocycles. The van der Waals surface area contributed by atoms with Crippen LogP contribution in [-0.2, 0) is 32.5 Å². The van der Waals surface area contributed by atoms with Gasteiger partial charge >= 0.3 is 0 Å². The van der Waals surface area contributed by atoms with Crippen molar-refractivity contribution in [1.29, 1.82) is 0 Å². The van der Waals surface area contributed by atoms with E-state index in [-0.39, 0.29) is 38.1 Å². The van der Waals surface area contributed by atoms with Gasteiger partial charge < -0.3 is 4.98 Å². The first-order chi connectivity index (χ1) is 13.0. The van der Waals surface area contributed by atoms with E-state index in [0.717, 1.165) is 0 Å². The largest absolute Gasteiger partial charge is 0.659 e. The molecular weight excluding hydrogens is 414 g/mol. The van der Waals surface area contributed by atoms with Crippen LogP contribution in [0.2, 0.25) is 13.1 Å². The minimum Gasteiger partial charge on any atom is -0.659 e. The maximum absolute atomic E-state index is 5.40. The zero-order valence-electron chi connectivity index (χ0n) is 21.0. The molecule has 162 valence electrons. The third-order valence-corrected chi connectivity index (χ3v) is 9.36. The molecule has 3 heteroatoms. The molecule has 0 radical (unpaired) electrons. The summed E-state index contributed by atoms with van der Waals surface area (Å²) in [6.45, 7) is 25.4. The van der Waals surface area contributed by atoms with Gasteiger partial charge in [-0.2, -0.15) is 0 Å². The van der Waals surface area contributed by atoms with E-state index in [0.29, 0.717) is 5.54 Å². The quantitative estimate of drug-likeness (QED) is 0.405. The Labute approximate surface area is 201 Å². The second kappa shape index (κ2) is 8.03. The number of hydrogen-bond acceptors (Lipinski definition) is 0. The molecule has 0 bridgehead atoms. The first kappa shape index (κ1) is 25.6. The molecule has 0 amide bonds. The van der Waals surface area contributed by atoms with Crippen LogP contribution in [0.5, 0.6) is 0 Å². The normalized spacial score (nSPS) is 14.9. The first-order valence-corrected chi connectivity index (χ1v) is 14.1. The minimum atomic E-state index is -1.91. The van der Waals surface area contributed by atoms with Gasteiger partial charge in [-0.25, -0.2) is 0 Å². The van der Waals surface area contributed by atoms with Crippen LogP contribution in [0.25, 0.3) is 16.1 Å². The van der Waals surface area contributed by atoms with Gasteiger partial charge in [0.15, 0.2) is 0 Å². The summed E-state index contributed by atoms with van der Waals surface area (Å²) in [5, 5.41) is 0. The van der Waals surface area contributed by atoms with Gasteiger partial charge in [-0.05, 0) is 58.0 Å². The molecule has 0 spiro atoms. The van der Waals surface area contributed by atoms with E-state index in [4.69, 9.17) is 4.98 Å². The summed E-state index contributed by atoms with van der Waals surface area (Å²) < 4.78 is 0. The smallest absolute Gasteiger partial charge is 0 e. The zero-order chi connectivity index (χ0) is 22.0. The fourth-order valence-electron chi connectivity index (χ4n) is 4.87. The van der Waals surface area contributed by atoms with E-state index in [1.807, 2.05) is 0 Å². The molecule has 0 heterocycles. The number of benzene rings is 2. The number of rotatable bonds is 2. The van der Waals surface area contributed by atoms with Gasteiger partial charge in [0.25, 0.3) is 0 Å². The van der Waals surface area contributed by atoms with Crippen molar-refractivity contribution in [2.24, 2.45) is 0 Å². The van der Waals surface area contributed by atoms with E-state index in [9.17, 15) is 0 Å². The fourth-order valence-corrected chi connectivity index (χ4v) is 8.76. The van der Waals surface area contributed by atoms with E-state index >= 15 is 0 Å². The van der Waals surface area contributed by atoms with E-state index in [1.165, 1.54) is 33.4 Å². The number of fused-ring (bicyclic) bond motifs is 3. The van der Waals surface area contributed by atoms with Crippen LogP contribution in [0, 0.1) is 0 Å². The molecule has 0 unspecified atom stereocenters. The van der Waals surface area contributed by atoms with Crippen LogP contribution in [0.3, 0.4) is 0 Å². The van der Waals surface area contributed by atoms with Crippen LogP contribution in [0.15, 0.2) is 36.4 Å². The predicted octanol–water partition coefficient (Wildman–Crippen LogP) is 8.31. The standard InChI is InChI=1S/C27H40NSi.Ti/c1-25(2,3)18-12-14-20-22(16-18)23-17-19(26(4,5)6)13-15-21(23)24(20)29(10,11)28-27(7,8)9;/h12-17,24H,1-11H3;/q-1;. The molecule has 0 aliphatic heterocycles. The molecule has 0 atom stereocenters. The van der Waals surface area contributed by atoms with Crippen molar-refractivity contribution in [1.82, 2.24) is 0 Å². The summed E-state index contributed by atoms with van der Waals surface area (Å²) in [6, 6.07) is 14.4. The molecule has 0 fully saturated rings. The zero-order valence-corrected chi connectivity index (χ0v) is 23.6. The molecule has 0 aromatic heterocycles. The Morgan fingerprint density at radius 2 is 1.03 bits per heavy atom. The molecule has 2 aromatic rings. The third kappa shape index (κ3) is 5.04. The average molecular weight is 455 g/mol. The Morgan fingerprint density at radius 1 is 0.667 bits per heavy atom. The molecule has 0 N–H and O–H groups in total. The van der Waals surface area contributed by atoms with E-state index in [2.05, 4.69) is 112 Å². The predicted molar refractivity (Wildman–Crippen MR) is 132 cm³/mol. The third-order valence-electron chi connectivity index (χ3n) is 6.08. The second-order valence-corrected chi connectivity index (χ2v) is 16.6. The molecule has 1 aliphatic carbocycles. The van der Waals surface area contributed by atoms with Crippen LogP contribution < -0.4 is 0 Å². The van der Waals surface area contributed by atoms with Gasteiger partial charge in [0.2, 0.25) is 0 Å². The first-order valence-electron chi connectivity index (χ1n) is 11.0. The van der Waals surface area contributed by atoms with Crippen molar-refractivity contribution in [3.8, 4) is 11.1 Å². The molecular formula is C27H40NSiTi-. The molecule has 2 aromatic carbocycles.